The molecule has 0 unspecified atom stereocenters. The van der Waals surface area contributed by atoms with Gasteiger partial charge in [0.2, 0.25) is 16.9 Å². The number of likely N-dealkylation sites (N-methyl/N-ethyl adjacent to an activating group) is 1. The molecule has 24 heavy (non-hydrogen) atoms. The molecule has 3 aliphatic heterocycles. The Labute approximate surface area is 143 Å². The third kappa shape index (κ3) is 2.30. The van der Waals surface area contributed by atoms with Gasteiger partial charge >= 0.3 is 0 Å². The van der Waals surface area contributed by atoms with E-state index in [0.29, 0.717) is 24.6 Å². The number of likely N-dealkylation sites (tertiary alicyclic amines) is 1. The molecule has 1 aromatic heterocycles. The first-order valence-electron chi connectivity index (χ1n) is 7.98. The summed E-state index contributed by atoms with van der Waals surface area (Å²) in [6, 6.07) is 0. The summed E-state index contributed by atoms with van der Waals surface area (Å²) in [5.41, 5.74) is 4.93. The highest BCUT2D eigenvalue weighted by atomic mass is 32.1. The number of hydrogen-bond acceptors (Lipinski definition) is 7. The lowest BCUT2D eigenvalue weighted by atomic mass is 9.77. The largest absolute Gasteiger partial charge is 0.374 e. The third-order valence-electron chi connectivity index (χ3n) is 4.94. The van der Waals surface area contributed by atoms with Crippen molar-refractivity contribution in [1.82, 2.24) is 20.4 Å². The van der Waals surface area contributed by atoms with E-state index < -0.39 is 17.4 Å². The standard InChI is InChI=1S/C15H19N5O3S/c1-20-7-15-5-4-8(23-15)10(11(15)13(20)22)12(21)17-6-2-3-9-18-19-14(16)24-9/h4-5,8,10-11H,2-3,6-7H2,1H3,(H2,16,19)(H,17,21)/t8-,10-,11+,15-/m1/s1. The van der Waals surface area contributed by atoms with Crippen LogP contribution in [0.25, 0.3) is 0 Å². The van der Waals surface area contributed by atoms with Gasteiger partial charge in [0.15, 0.2) is 0 Å². The Morgan fingerprint density at radius 1 is 1.58 bits per heavy atom. The number of nitrogens with one attached hydrogen (secondary N) is 1. The van der Waals surface area contributed by atoms with E-state index in [1.54, 1.807) is 11.9 Å². The van der Waals surface area contributed by atoms with Crippen LogP contribution >= 0.6 is 11.3 Å². The molecule has 4 atom stereocenters. The van der Waals surface area contributed by atoms with Gasteiger partial charge in [-0.3, -0.25) is 9.59 Å². The molecule has 8 nitrogen and oxygen atoms in total. The lowest BCUT2D eigenvalue weighted by Crippen LogP contribution is -2.44. The van der Waals surface area contributed by atoms with Gasteiger partial charge in [-0.1, -0.05) is 23.5 Å². The summed E-state index contributed by atoms with van der Waals surface area (Å²) < 4.78 is 5.97. The van der Waals surface area contributed by atoms with Crippen molar-refractivity contribution in [3.8, 4) is 0 Å². The van der Waals surface area contributed by atoms with E-state index in [1.165, 1.54) is 11.3 Å². The predicted molar refractivity (Wildman–Crippen MR) is 87.0 cm³/mol. The molecule has 3 aliphatic rings. The fourth-order valence-electron chi connectivity index (χ4n) is 3.93. The summed E-state index contributed by atoms with van der Waals surface area (Å²) in [7, 11) is 1.75. The summed E-state index contributed by atoms with van der Waals surface area (Å²) in [5, 5.41) is 12.0. The summed E-state index contributed by atoms with van der Waals surface area (Å²) >= 11 is 1.36. The number of nitrogen functional groups attached to an aromatic ring is 1. The topological polar surface area (TPSA) is 110 Å². The first-order valence-corrected chi connectivity index (χ1v) is 8.79. The number of aryl methyl sites for hydroxylation is 1. The van der Waals surface area contributed by atoms with Gasteiger partial charge in [0.05, 0.1) is 24.5 Å². The minimum Gasteiger partial charge on any atom is -0.374 e. The van der Waals surface area contributed by atoms with Gasteiger partial charge in [-0.05, 0) is 6.42 Å². The molecule has 4 heterocycles. The van der Waals surface area contributed by atoms with Gasteiger partial charge in [0, 0.05) is 20.0 Å². The summed E-state index contributed by atoms with van der Waals surface area (Å²) in [5.74, 6) is -0.965. The number of nitrogens with zero attached hydrogens (tertiary/aromatic N) is 3. The van der Waals surface area contributed by atoms with Crippen LogP contribution < -0.4 is 11.1 Å². The second kappa shape index (κ2) is 5.52. The Balaban J connectivity index is 1.35. The molecule has 0 radical (unpaired) electrons. The van der Waals surface area contributed by atoms with Crippen LogP contribution in [0, 0.1) is 11.8 Å². The zero-order chi connectivity index (χ0) is 16.9. The highest BCUT2D eigenvalue weighted by molar-refractivity contribution is 7.15. The van der Waals surface area contributed by atoms with Crippen LogP contribution in [0.15, 0.2) is 12.2 Å². The van der Waals surface area contributed by atoms with E-state index in [2.05, 4.69) is 15.5 Å². The molecular weight excluding hydrogens is 330 g/mol. The molecule has 2 fully saturated rings. The molecule has 3 N–H and O–H groups in total. The van der Waals surface area contributed by atoms with Crippen molar-refractivity contribution in [1.29, 1.82) is 0 Å². The van der Waals surface area contributed by atoms with Crippen molar-refractivity contribution in [2.75, 3.05) is 25.9 Å². The molecule has 128 valence electrons. The molecule has 2 amide bonds. The fourth-order valence-corrected chi connectivity index (χ4v) is 4.58. The maximum Gasteiger partial charge on any atom is 0.229 e. The number of aromatic nitrogens is 2. The molecule has 0 aliphatic carbocycles. The zero-order valence-corrected chi connectivity index (χ0v) is 14.1. The van der Waals surface area contributed by atoms with Crippen molar-refractivity contribution >= 4 is 28.3 Å². The van der Waals surface area contributed by atoms with Crippen molar-refractivity contribution < 1.29 is 14.3 Å². The normalized spacial score (nSPS) is 33.3. The number of rotatable bonds is 5. The van der Waals surface area contributed by atoms with Crippen molar-refractivity contribution in [2.24, 2.45) is 11.8 Å². The van der Waals surface area contributed by atoms with Crippen LogP contribution in [0.4, 0.5) is 5.13 Å². The van der Waals surface area contributed by atoms with Gasteiger partial charge in [-0.2, -0.15) is 0 Å². The molecule has 0 aromatic carbocycles. The maximum absolute atomic E-state index is 12.6. The molecule has 4 rings (SSSR count). The molecule has 2 saturated heterocycles. The summed E-state index contributed by atoms with van der Waals surface area (Å²) in [4.78, 5) is 26.7. The fraction of sp³-hybridized carbons (Fsp3) is 0.600. The van der Waals surface area contributed by atoms with Crippen LogP contribution in [0.5, 0.6) is 0 Å². The first kappa shape index (κ1) is 15.5. The molecule has 2 bridgehead atoms. The maximum atomic E-state index is 12.6. The molecule has 1 spiro atoms. The van der Waals surface area contributed by atoms with Crippen molar-refractivity contribution in [2.45, 2.75) is 24.5 Å². The number of carbonyl (C=O) groups excluding carboxylic acids is 2. The van der Waals surface area contributed by atoms with E-state index in [-0.39, 0.29) is 17.9 Å². The number of ether oxygens (including phenoxy) is 1. The second-order valence-electron chi connectivity index (χ2n) is 6.52. The number of fused-ring (bicyclic) bond motifs is 1. The Hall–Kier alpha value is -2.00. The Morgan fingerprint density at radius 3 is 3.17 bits per heavy atom. The van der Waals surface area contributed by atoms with E-state index in [4.69, 9.17) is 10.5 Å². The SMILES string of the molecule is CN1C[C@@]23C=C[C@@H](O2)[C@@H](C(=O)NCCCc2nnc(N)s2)[C@H]3C1=O. The Bertz CT molecular complexity index is 720. The van der Waals surface area contributed by atoms with Crippen LogP contribution in [0.2, 0.25) is 0 Å². The average molecular weight is 349 g/mol. The van der Waals surface area contributed by atoms with E-state index in [9.17, 15) is 9.59 Å². The zero-order valence-electron chi connectivity index (χ0n) is 13.3. The number of anilines is 1. The minimum absolute atomic E-state index is 0.00802. The van der Waals surface area contributed by atoms with Crippen molar-refractivity contribution in [3.63, 3.8) is 0 Å². The smallest absolute Gasteiger partial charge is 0.229 e. The predicted octanol–water partition coefficient (Wildman–Crippen LogP) is -0.419. The second-order valence-corrected chi connectivity index (χ2v) is 7.62. The van der Waals surface area contributed by atoms with E-state index in [1.807, 2.05) is 12.2 Å². The third-order valence-corrected chi connectivity index (χ3v) is 5.75. The van der Waals surface area contributed by atoms with Crippen LogP contribution in [0.1, 0.15) is 11.4 Å². The van der Waals surface area contributed by atoms with E-state index >= 15 is 0 Å². The Morgan fingerprint density at radius 2 is 2.42 bits per heavy atom. The summed E-state index contributed by atoms with van der Waals surface area (Å²) in [6.07, 6.45) is 5.03. The quantitative estimate of drug-likeness (QED) is 0.552. The van der Waals surface area contributed by atoms with E-state index in [0.717, 1.165) is 11.4 Å². The minimum atomic E-state index is -0.609. The molecule has 9 heteroatoms. The van der Waals surface area contributed by atoms with Crippen LogP contribution in [0.3, 0.4) is 0 Å². The summed E-state index contributed by atoms with van der Waals surface area (Å²) in [6.45, 7) is 1.04. The highest BCUT2D eigenvalue weighted by Gasteiger charge is 2.66. The van der Waals surface area contributed by atoms with Crippen LogP contribution in [-0.2, 0) is 20.7 Å². The average Bonchev–Trinajstić information content (AvgIpc) is 3.26. The number of carbonyl (C=O) groups is 2. The lowest BCUT2D eigenvalue weighted by molar-refractivity contribution is -0.136. The number of nitrogens with two attached hydrogens (primary N) is 1. The molecular formula is C15H19N5O3S. The van der Waals surface area contributed by atoms with Gasteiger partial charge in [0.25, 0.3) is 0 Å². The van der Waals surface area contributed by atoms with Gasteiger partial charge in [0.1, 0.15) is 10.6 Å². The Kier molecular flexibility index (Phi) is 3.57. The van der Waals surface area contributed by atoms with Crippen molar-refractivity contribution in [3.05, 3.63) is 17.2 Å². The molecule has 1 aromatic rings. The van der Waals surface area contributed by atoms with Gasteiger partial charge < -0.3 is 20.7 Å². The molecule has 0 saturated carbocycles. The number of amides is 2. The van der Waals surface area contributed by atoms with Gasteiger partial charge in [-0.15, -0.1) is 10.2 Å². The van der Waals surface area contributed by atoms with Gasteiger partial charge in [-0.25, -0.2) is 0 Å². The monoisotopic (exact) mass is 349 g/mol. The number of hydrogen-bond donors (Lipinski definition) is 2. The lowest BCUT2D eigenvalue weighted by Gasteiger charge is -2.23. The van der Waals surface area contributed by atoms with Crippen LogP contribution in [-0.4, -0.2) is 58.8 Å². The highest BCUT2D eigenvalue weighted by Crippen LogP contribution is 2.51. The first-order chi connectivity index (χ1) is 11.5.